The number of carbonyl (C=O) groups excluding carboxylic acids is 1. The molecule has 0 spiro atoms. The van der Waals surface area contributed by atoms with E-state index in [1.54, 1.807) is 0 Å². The molecule has 0 unspecified atom stereocenters. The van der Waals surface area contributed by atoms with Gasteiger partial charge in [-0.25, -0.2) is 26.6 Å². The first-order valence-corrected chi connectivity index (χ1v) is 10.5. The zero-order valence-corrected chi connectivity index (χ0v) is 16.9. The molecule has 2 N–H and O–H groups in total. The number of benzene rings is 2. The van der Waals surface area contributed by atoms with Crippen LogP contribution in [0, 0.1) is 17.5 Å². The van der Waals surface area contributed by atoms with Crippen molar-refractivity contribution in [2.75, 3.05) is 4.72 Å². The van der Waals surface area contributed by atoms with E-state index in [0.29, 0.717) is 0 Å². The largest absolute Gasteiger partial charge is 0.345 e. The van der Waals surface area contributed by atoms with Crippen LogP contribution in [-0.4, -0.2) is 24.2 Å². The number of hydrogen-bond donors (Lipinski definition) is 2. The number of aromatic nitrogens is 2. The predicted octanol–water partition coefficient (Wildman–Crippen LogP) is 4.67. The van der Waals surface area contributed by atoms with E-state index in [4.69, 9.17) is 11.6 Å². The van der Waals surface area contributed by atoms with Gasteiger partial charge in [0.1, 0.15) is 22.2 Å². The topological polar surface area (TPSA) is 91.9 Å². The van der Waals surface area contributed by atoms with Crippen LogP contribution in [0.3, 0.4) is 0 Å². The summed E-state index contributed by atoms with van der Waals surface area (Å²) in [7, 11) is -4.55. The van der Waals surface area contributed by atoms with Gasteiger partial charge >= 0.3 is 0 Å². The summed E-state index contributed by atoms with van der Waals surface area (Å²) in [4.78, 5) is 18.8. The zero-order valence-electron chi connectivity index (χ0n) is 15.3. The highest BCUT2D eigenvalue weighted by molar-refractivity contribution is 7.92. The Morgan fingerprint density at radius 3 is 2.55 bits per heavy atom. The summed E-state index contributed by atoms with van der Waals surface area (Å²) in [5, 5.41) is 0.433. The Labute approximate surface area is 178 Å². The molecule has 0 bridgehead atoms. The molecule has 4 rings (SSSR count). The molecule has 6 nitrogen and oxygen atoms in total. The molecule has 11 heteroatoms. The minimum absolute atomic E-state index is 0.114. The minimum atomic E-state index is -4.55. The molecule has 0 saturated heterocycles. The third kappa shape index (κ3) is 3.75. The maximum Gasteiger partial charge on any atom is 0.264 e. The van der Waals surface area contributed by atoms with Crippen LogP contribution in [0.4, 0.5) is 18.9 Å². The van der Waals surface area contributed by atoms with E-state index in [-0.39, 0.29) is 21.6 Å². The number of H-pyrrole nitrogens is 1. The maximum absolute atomic E-state index is 15.1. The van der Waals surface area contributed by atoms with Crippen molar-refractivity contribution >= 4 is 44.1 Å². The van der Waals surface area contributed by atoms with Gasteiger partial charge in [0.2, 0.25) is 5.78 Å². The van der Waals surface area contributed by atoms with Crippen molar-refractivity contribution in [2.24, 2.45) is 0 Å². The zero-order chi connectivity index (χ0) is 22.3. The number of rotatable bonds is 5. The van der Waals surface area contributed by atoms with Gasteiger partial charge in [-0.05, 0) is 30.3 Å². The van der Waals surface area contributed by atoms with E-state index in [1.807, 2.05) is 4.72 Å². The van der Waals surface area contributed by atoms with E-state index in [9.17, 15) is 22.0 Å². The summed E-state index contributed by atoms with van der Waals surface area (Å²) in [6.45, 7) is 0. The van der Waals surface area contributed by atoms with E-state index < -0.39 is 49.4 Å². The molecule has 0 aliphatic carbocycles. The lowest BCUT2D eigenvalue weighted by Gasteiger charge is -2.12. The Morgan fingerprint density at radius 1 is 1.06 bits per heavy atom. The number of pyridine rings is 1. The van der Waals surface area contributed by atoms with Crippen molar-refractivity contribution in [3.63, 3.8) is 0 Å². The summed E-state index contributed by atoms with van der Waals surface area (Å²) in [5.41, 5.74) is -1.56. The number of sulfonamides is 1. The van der Waals surface area contributed by atoms with Crippen molar-refractivity contribution < 1.29 is 26.4 Å². The first kappa shape index (κ1) is 20.9. The Kier molecular flexibility index (Phi) is 5.19. The van der Waals surface area contributed by atoms with Crippen LogP contribution in [0.15, 0.2) is 59.8 Å². The molecule has 31 heavy (non-hydrogen) atoms. The molecule has 0 atom stereocenters. The Balaban J connectivity index is 1.78. The van der Waals surface area contributed by atoms with Gasteiger partial charge in [0.05, 0.1) is 16.3 Å². The van der Waals surface area contributed by atoms with Gasteiger partial charge in [-0.1, -0.05) is 23.7 Å². The summed E-state index contributed by atoms with van der Waals surface area (Å²) in [6, 6.07) is 7.39. The smallest absolute Gasteiger partial charge is 0.264 e. The molecule has 2 aromatic carbocycles. The number of fused-ring (bicyclic) bond motifs is 1. The molecule has 4 aromatic rings. The molecule has 0 radical (unpaired) electrons. The highest BCUT2D eigenvalue weighted by Gasteiger charge is 2.27. The number of ketones is 1. The second-order valence-corrected chi connectivity index (χ2v) is 8.49. The van der Waals surface area contributed by atoms with Crippen molar-refractivity contribution in [2.45, 2.75) is 4.90 Å². The number of nitrogens with one attached hydrogen (secondary N) is 2. The van der Waals surface area contributed by atoms with E-state index in [2.05, 4.69) is 9.97 Å². The standard InChI is InChI=1S/C20H11ClF3N3O3S/c21-10-7-11-12(9-26-20(11)25-8-10)19(28)17-14(23)5-6-15(18(17)24)27-31(29,30)16-4-2-1-3-13(16)22/h1-9,27H,(H,25,26). The molecule has 0 amide bonds. The second kappa shape index (κ2) is 7.71. The number of carbonyl (C=O) groups is 1. The van der Waals surface area contributed by atoms with Crippen LogP contribution < -0.4 is 4.72 Å². The molecule has 0 fully saturated rings. The number of hydrogen-bond acceptors (Lipinski definition) is 4. The number of halogens is 4. The lowest BCUT2D eigenvalue weighted by molar-refractivity contribution is 0.103. The fourth-order valence-electron chi connectivity index (χ4n) is 3.00. The maximum atomic E-state index is 15.1. The SMILES string of the molecule is O=C(c1c(F)ccc(NS(=O)(=O)c2ccccc2F)c1F)c1c[nH]c2ncc(Cl)cc12. The monoisotopic (exact) mass is 465 g/mol. The molecule has 0 aliphatic rings. The molecule has 2 heterocycles. The van der Waals surface area contributed by atoms with Crippen LogP contribution in [0.1, 0.15) is 15.9 Å². The molecule has 0 saturated carbocycles. The van der Waals surface area contributed by atoms with Gasteiger partial charge in [-0.15, -0.1) is 0 Å². The fraction of sp³-hybridized carbons (Fsp3) is 0. The number of nitrogens with zero attached hydrogens (tertiary/aromatic N) is 1. The molecule has 0 aliphatic heterocycles. The Hall–Kier alpha value is -3.37. The van der Waals surface area contributed by atoms with Gasteiger partial charge in [-0.3, -0.25) is 9.52 Å². The first-order chi connectivity index (χ1) is 14.7. The normalized spacial score (nSPS) is 11.6. The highest BCUT2D eigenvalue weighted by atomic mass is 35.5. The molecular formula is C20H11ClF3N3O3S. The molecule has 158 valence electrons. The Morgan fingerprint density at radius 2 is 1.81 bits per heavy atom. The number of aromatic amines is 1. The van der Waals surface area contributed by atoms with Gasteiger partial charge in [0.15, 0.2) is 5.82 Å². The number of anilines is 1. The van der Waals surface area contributed by atoms with Crippen molar-refractivity contribution in [3.8, 4) is 0 Å². The summed E-state index contributed by atoms with van der Waals surface area (Å²) in [6.07, 6.45) is 2.54. The van der Waals surface area contributed by atoms with Gasteiger partial charge in [0.25, 0.3) is 10.0 Å². The average molecular weight is 466 g/mol. The molecular weight excluding hydrogens is 455 g/mol. The third-order valence-electron chi connectivity index (χ3n) is 4.43. The van der Waals surface area contributed by atoms with Crippen molar-refractivity contribution in [1.29, 1.82) is 0 Å². The lowest BCUT2D eigenvalue weighted by Crippen LogP contribution is -2.17. The first-order valence-electron chi connectivity index (χ1n) is 8.61. The van der Waals surface area contributed by atoms with Crippen LogP contribution in [0.2, 0.25) is 5.02 Å². The summed E-state index contributed by atoms with van der Waals surface area (Å²) in [5.74, 6) is -4.77. The van der Waals surface area contributed by atoms with Crippen LogP contribution in [0.5, 0.6) is 0 Å². The van der Waals surface area contributed by atoms with E-state index >= 15 is 4.39 Å². The second-order valence-electron chi connectivity index (χ2n) is 6.40. The average Bonchev–Trinajstić information content (AvgIpc) is 3.13. The summed E-state index contributed by atoms with van der Waals surface area (Å²) < 4.78 is 70.1. The van der Waals surface area contributed by atoms with Crippen molar-refractivity contribution in [3.05, 3.63) is 88.5 Å². The summed E-state index contributed by atoms with van der Waals surface area (Å²) >= 11 is 5.89. The minimum Gasteiger partial charge on any atom is -0.345 e. The fourth-order valence-corrected chi connectivity index (χ4v) is 4.30. The highest BCUT2D eigenvalue weighted by Crippen LogP contribution is 2.29. The van der Waals surface area contributed by atoms with E-state index in [1.165, 1.54) is 30.6 Å². The van der Waals surface area contributed by atoms with Crippen LogP contribution >= 0.6 is 11.6 Å². The van der Waals surface area contributed by atoms with Gasteiger partial charge in [0, 0.05) is 23.3 Å². The van der Waals surface area contributed by atoms with Gasteiger partial charge < -0.3 is 4.98 Å². The quantitative estimate of drug-likeness (QED) is 0.419. The predicted molar refractivity (Wildman–Crippen MR) is 108 cm³/mol. The van der Waals surface area contributed by atoms with E-state index in [0.717, 1.165) is 24.3 Å². The van der Waals surface area contributed by atoms with Crippen LogP contribution in [0.25, 0.3) is 11.0 Å². The molecule has 2 aromatic heterocycles. The van der Waals surface area contributed by atoms with Crippen LogP contribution in [-0.2, 0) is 10.0 Å². The van der Waals surface area contributed by atoms with Crippen molar-refractivity contribution in [1.82, 2.24) is 9.97 Å². The lowest BCUT2D eigenvalue weighted by atomic mass is 10.0. The third-order valence-corrected chi connectivity index (χ3v) is 6.04. The Bertz CT molecular complexity index is 1450. The van der Waals surface area contributed by atoms with Gasteiger partial charge in [-0.2, -0.15) is 0 Å².